The number of aliphatic hydroxyl groups is 10. The van der Waals surface area contributed by atoms with Gasteiger partial charge in [0.25, 0.3) is 0 Å². The van der Waals surface area contributed by atoms with Crippen molar-refractivity contribution in [3.05, 3.63) is 11.6 Å². The van der Waals surface area contributed by atoms with Crippen LogP contribution in [0.1, 0.15) is 113 Å². The Morgan fingerprint density at radius 3 is 1.88 bits per heavy atom. The Morgan fingerprint density at radius 2 is 1.26 bits per heavy atom. The van der Waals surface area contributed by atoms with E-state index in [2.05, 4.69) is 40.7 Å². The number of hydrogen-bond donors (Lipinski definition) is 10. The highest BCUT2D eigenvalue weighted by molar-refractivity contribution is 5.79. The second-order valence-corrected chi connectivity index (χ2v) is 23.6. The Hall–Kier alpha value is -1.92. The van der Waals surface area contributed by atoms with Crippen molar-refractivity contribution in [1.82, 2.24) is 0 Å². The first-order valence-electron chi connectivity index (χ1n) is 24.7. The fourth-order valence-corrected chi connectivity index (χ4v) is 15.1. The zero-order valence-electron chi connectivity index (χ0n) is 40.7. The summed E-state index contributed by atoms with van der Waals surface area (Å²) < 4.78 is 41.8. The van der Waals surface area contributed by atoms with Gasteiger partial charge in [-0.1, -0.05) is 60.1 Å². The van der Waals surface area contributed by atoms with Crippen LogP contribution in [-0.2, 0) is 42.7 Å². The first-order chi connectivity index (χ1) is 31.7. The molecular formula is C49H78O19. The molecule has 23 atom stereocenters. The lowest BCUT2D eigenvalue weighted by atomic mass is 9.33. The Kier molecular flexibility index (Phi) is 14.3. The number of carbonyl (C=O) groups excluding carboxylic acids is 2. The molecule has 0 radical (unpaired) electrons. The SMILES string of the molecule is CC(=O)O[C@H]1[C@@H](O[C@H]2CC[C@]3(C)[C@H]4CC=C5[C@@H]6[C@H](O)C(C)(C)CC[C@]6(C(=O)O[C@@H]6O[C@H](CO)[C@@H](O)[C@H](O)[C@H]6O)CC[C@@]5(C)[C@]4(C)CC[C@H]3C2(C)C)OC[C@H](O)[C@@H]1O[C@@H]1O[C@H](CO)[C@@H](O)[C@H](O)[C@H]1O. The molecule has 19 nitrogen and oxygen atoms in total. The van der Waals surface area contributed by atoms with E-state index in [1.54, 1.807) is 0 Å². The van der Waals surface area contributed by atoms with Crippen LogP contribution in [0.2, 0.25) is 0 Å². The summed E-state index contributed by atoms with van der Waals surface area (Å²) in [4.78, 5) is 27.3. The van der Waals surface area contributed by atoms with Crippen LogP contribution in [0.3, 0.4) is 0 Å². The zero-order chi connectivity index (χ0) is 49.8. The molecule has 3 heterocycles. The molecule has 7 fully saturated rings. The van der Waals surface area contributed by atoms with Gasteiger partial charge in [-0.25, -0.2) is 0 Å². The highest BCUT2D eigenvalue weighted by Gasteiger charge is 2.71. The Balaban J connectivity index is 1.04. The quantitative estimate of drug-likeness (QED) is 0.0846. The maximum Gasteiger partial charge on any atom is 0.315 e. The maximum atomic E-state index is 14.7. The number of ether oxygens (including phenoxy) is 7. The molecule has 0 unspecified atom stereocenters. The van der Waals surface area contributed by atoms with Gasteiger partial charge in [0.15, 0.2) is 18.7 Å². The standard InChI is InChI=1S/C49H78O19/c1-22(52)63-38-37(67-40-35(58)33(56)31(54)25(19-50)64-40)24(53)21-62-42(38)66-29-12-13-46(6)27(45(29,4)5)11-14-48(8)28(46)10-9-23-30-39(60)44(2,3)15-17-49(30,18-16-47(23,48)7)43(61)68-41-36(59)34(57)32(55)26(20-51)65-41/h9,24-42,50-51,53-60H,10-21H2,1-8H3/t24-,25+,26+,27-,28+,29-,30+,31+,32+,33-,34-,35+,36+,37-,38+,39-,40-,41-,42+,46-,47+,48+,49-/m0/s1. The van der Waals surface area contributed by atoms with Gasteiger partial charge >= 0.3 is 11.9 Å². The second kappa shape index (κ2) is 18.5. The Labute approximate surface area is 398 Å². The van der Waals surface area contributed by atoms with Gasteiger partial charge in [-0.3, -0.25) is 9.59 Å². The highest BCUT2D eigenvalue weighted by Crippen LogP contribution is 2.76. The molecule has 10 N–H and O–H groups in total. The number of rotatable bonds is 9. The molecule has 0 aromatic carbocycles. The normalized spacial score (nSPS) is 52.0. The van der Waals surface area contributed by atoms with Crippen LogP contribution >= 0.6 is 0 Å². The van der Waals surface area contributed by atoms with Crippen LogP contribution in [0.4, 0.5) is 0 Å². The molecule has 8 aliphatic rings. The van der Waals surface area contributed by atoms with Crippen molar-refractivity contribution < 1.29 is 93.8 Å². The number of aliphatic hydroxyl groups excluding tert-OH is 10. The van der Waals surface area contributed by atoms with Crippen LogP contribution < -0.4 is 0 Å². The molecule has 388 valence electrons. The largest absolute Gasteiger partial charge is 0.454 e. The number of allylic oxidation sites excluding steroid dienone is 1. The van der Waals surface area contributed by atoms with Crippen LogP contribution in [0.5, 0.6) is 0 Å². The summed E-state index contributed by atoms with van der Waals surface area (Å²) in [5, 5.41) is 106. The second-order valence-electron chi connectivity index (χ2n) is 23.6. The molecular weight excluding hydrogens is 893 g/mol. The molecule has 0 aromatic rings. The van der Waals surface area contributed by atoms with Crippen molar-refractivity contribution in [3.63, 3.8) is 0 Å². The third-order valence-corrected chi connectivity index (χ3v) is 19.4. The van der Waals surface area contributed by atoms with Crippen LogP contribution in [-0.4, -0.2) is 181 Å². The van der Waals surface area contributed by atoms with Gasteiger partial charge in [0.1, 0.15) is 61.0 Å². The average molecular weight is 971 g/mol. The van der Waals surface area contributed by atoms with Gasteiger partial charge in [-0.05, 0) is 96.7 Å². The van der Waals surface area contributed by atoms with E-state index in [1.165, 1.54) is 6.92 Å². The number of fused-ring (bicyclic) bond motifs is 7. The molecule has 0 amide bonds. The predicted octanol–water partition coefficient (Wildman–Crippen LogP) is 0.321. The molecule has 19 heteroatoms. The van der Waals surface area contributed by atoms with E-state index in [-0.39, 0.29) is 29.3 Å². The van der Waals surface area contributed by atoms with Gasteiger partial charge in [0.05, 0.1) is 37.4 Å². The minimum atomic E-state index is -1.77. The van der Waals surface area contributed by atoms with E-state index in [4.69, 9.17) is 33.2 Å². The summed E-state index contributed by atoms with van der Waals surface area (Å²) >= 11 is 0. The van der Waals surface area contributed by atoms with E-state index in [0.29, 0.717) is 38.5 Å². The molecule has 0 spiro atoms. The Morgan fingerprint density at radius 1 is 0.662 bits per heavy atom. The minimum absolute atomic E-state index is 0.142. The molecule has 0 bridgehead atoms. The summed E-state index contributed by atoms with van der Waals surface area (Å²) in [6.07, 6.45) is -14.6. The lowest BCUT2D eigenvalue weighted by molar-refractivity contribution is -0.357. The molecule has 68 heavy (non-hydrogen) atoms. The van der Waals surface area contributed by atoms with Crippen molar-refractivity contribution in [2.24, 2.45) is 50.2 Å². The molecule has 3 aliphatic heterocycles. The van der Waals surface area contributed by atoms with Gasteiger partial charge in [-0.15, -0.1) is 0 Å². The van der Waals surface area contributed by atoms with E-state index in [1.807, 2.05) is 13.8 Å². The highest BCUT2D eigenvalue weighted by atomic mass is 16.7. The maximum absolute atomic E-state index is 14.7. The molecule has 5 aliphatic carbocycles. The Bertz CT molecular complexity index is 1890. The first kappa shape index (κ1) is 52.4. The summed E-state index contributed by atoms with van der Waals surface area (Å²) in [7, 11) is 0. The van der Waals surface area contributed by atoms with Gasteiger partial charge in [-0.2, -0.15) is 0 Å². The molecule has 3 saturated heterocycles. The lowest BCUT2D eigenvalue weighted by Crippen LogP contribution is -2.67. The van der Waals surface area contributed by atoms with E-state index < -0.39 is 151 Å². The van der Waals surface area contributed by atoms with Gasteiger partial charge in [0, 0.05) is 12.8 Å². The molecule has 4 saturated carbocycles. The van der Waals surface area contributed by atoms with Gasteiger partial charge in [0.2, 0.25) is 6.29 Å². The number of carbonyl (C=O) groups is 2. The van der Waals surface area contributed by atoms with Crippen molar-refractivity contribution in [3.8, 4) is 0 Å². The topological polar surface area (TPSA) is 301 Å². The minimum Gasteiger partial charge on any atom is -0.454 e. The summed E-state index contributed by atoms with van der Waals surface area (Å²) in [6.45, 7) is 15.0. The average Bonchev–Trinajstić information content (AvgIpc) is 3.28. The van der Waals surface area contributed by atoms with Crippen LogP contribution in [0, 0.1) is 50.2 Å². The third kappa shape index (κ3) is 8.13. The summed E-state index contributed by atoms with van der Waals surface area (Å²) in [5.41, 5.74) is -2.03. The van der Waals surface area contributed by atoms with Crippen molar-refractivity contribution >= 4 is 11.9 Å². The van der Waals surface area contributed by atoms with E-state index in [0.717, 1.165) is 24.8 Å². The number of hydrogen-bond acceptors (Lipinski definition) is 19. The lowest BCUT2D eigenvalue weighted by Gasteiger charge is -2.71. The third-order valence-electron chi connectivity index (χ3n) is 19.4. The van der Waals surface area contributed by atoms with Crippen LogP contribution in [0.25, 0.3) is 0 Å². The summed E-state index contributed by atoms with van der Waals surface area (Å²) in [5.74, 6) is -1.64. The van der Waals surface area contributed by atoms with Crippen molar-refractivity contribution in [2.45, 2.75) is 211 Å². The fraction of sp³-hybridized carbons (Fsp3) is 0.918. The predicted molar refractivity (Wildman–Crippen MR) is 235 cm³/mol. The van der Waals surface area contributed by atoms with Gasteiger partial charge < -0.3 is 84.2 Å². The zero-order valence-corrected chi connectivity index (χ0v) is 40.7. The van der Waals surface area contributed by atoms with Crippen molar-refractivity contribution in [2.75, 3.05) is 19.8 Å². The monoisotopic (exact) mass is 971 g/mol. The smallest absolute Gasteiger partial charge is 0.315 e. The van der Waals surface area contributed by atoms with E-state index in [9.17, 15) is 60.7 Å². The first-order valence-corrected chi connectivity index (χ1v) is 24.7. The molecule has 8 rings (SSSR count). The fourth-order valence-electron chi connectivity index (χ4n) is 15.1. The van der Waals surface area contributed by atoms with Crippen LogP contribution in [0.15, 0.2) is 11.6 Å². The summed E-state index contributed by atoms with van der Waals surface area (Å²) in [6, 6.07) is 0. The number of esters is 2. The van der Waals surface area contributed by atoms with Crippen molar-refractivity contribution in [1.29, 1.82) is 0 Å². The van der Waals surface area contributed by atoms with E-state index >= 15 is 0 Å². The molecule has 0 aromatic heterocycles.